The topological polar surface area (TPSA) is 59.2 Å². The van der Waals surface area contributed by atoms with Crippen LogP contribution < -0.4 is 5.73 Å². The lowest BCUT2D eigenvalue weighted by Crippen LogP contribution is -2.32. The molecule has 21 heavy (non-hydrogen) atoms. The zero-order valence-electron chi connectivity index (χ0n) is 12.5. The lowest BCUT2D eigenvalue weighted by atomic mass is 10.1. The van der Waals surface area contributed by atoms with Gasteiger partial charge in [-0.1, -0.05) is 25.1 Å². The summed E-state index contributed by atoms with van der Waals surface area (Å²) < 4.78 is 0. The molecule has 110 valence electrons. The first-order valence-electron chi connectivity index (χ1n) is 7.17. The molecule has 0 saturated carbocycles. The lowest BCUT2D eigenvalue weighted by Gasteiger charge is -2.22. The van der Waals surface area contributed by atoms with E-state index in [-0.39, 0.29) is 5.91 Å². The Morgan fingerprint density at radius 1 is 1.24 bits per heavy atom. The quantitative estimate of drug-likeness (QED) is 0.858. The van der Waals surface area contributed by atoms with E-state index in [0.717, 1.165) is 23.2 Å². The number of nitrogens with zero attached hydrogens (tertiary/aromatic N) is 2. The summed E-state index contributed by atoms with van der Waals surface area (Å²) in [4.78, 5) is 18.7. The van der Waals surface area contributed by atoms with E-state index in [1.54, 1.807) is 6.20 Å². The number of nitrogen functional groups attached to an aromatic ring is 1. The number of hydrogen-bond acceptors (Lipinski definition) is 3. The Morgan fingerprint density at radius 3 is 2.57 bits per heavy atom. The fourth-order valence-electron chi connectivity index (χ4n) is 2.23. The fourth-order valence-corrected chi connectivity index (χ4v) is 2.23. The van der Waals surface area contributed by atoms with Crippen LogP contribution in [0.5, 0.6) is 0 Å². The molecule has 0 aliphatic rings. The minimum Gasteiger partial charge on any atom is -0.399 e. The second-order valence-electron chi connectivity index (χ2n) is 5.14. The number of benzene rings is 1. The van der Waals surface area contributed by atoms with Gasteiger partial charge >= 0.3 is 0 Å². The van der Waals surface area contributed by atoms with E-state index >= 15 is 0 Å². The van der Waals surface area contributed by atoms with Gasteiger partial charge in [-0.25, -0.2) is 0 Å². The zero-order valence-corrected chi connectivity index (χ0v) is 12.5. The van der Waals surface area contributed by atoms with Crippen molar-refractivity contribution in [1.29, 1.82) is 0 Å². The SMILES string of the molecule is CCCN(Cc1ccc(N)cc1)C(=O)c1ncccc1C. The molecule has 2 N–H and O–H groups in total. The van der Waals surface area contributed by atoms with Crippen LogP contribution in [-0.2, 0) is 6.54 Å². The van der Waals surface area contributed by atoms with E-state index in [1.165, 1.54) is 0 Å². The van der Waals surface area contributed by atoms with Gasteiger partial charge in [0.1, 0.15) is 5.69 Å². The monoisotopic (exact) mass is 283 g/mol. The van der Waals surface area contributed by atoms with Crippen LogP contribution in [0.4, 0.5) is 5.69 Å². The average molecular weight is 283 g/mol. The van der Waals surface area contributed by atoms with Crippen LogP contribution in [0.1, 0.15) is 35.0 Å². The van der Waals surface area contributed by atoms with Gasteiger partial charge < -0.3 is 10.6 Å². The predicted molar refractivity (Wildman–Crippen MR) is 84.9 cm³/mol. The Kier molecular flexibility index (Phi) is 4.93. The third-order valence-electron chi connectivity index (χ3n) is 3.35. The minimum atomic E-state index is -0.0215. The van der Waals surface area contributed by atoms with E-state index in [9.17, 15) is 4.79 Å². The fraction of sp³-hybridized carbons (Fsp3) is 0.294. The van der Waals surface area contributed by atoms with Gasteiger partial charge in [-0.05, 0) is 42.7 Å². The first-order valence-corrected chi connectivity index (χ1v) is 7.17. The molecule has 0 spiro atoms. The van der Waals surface area contributed by atoms with Crippen molar-refractivity contribution in [2.75, 3.05) is 12.3 Å². The maximum absolute atomic E-state index is 12.7. The molecule has 0 atom stereocenters. The van der Waals surface area contributed by atoms with Gasteiger partial charge in [0.05, 0.1) is 0 Å². The highest BCUT2D eigenvalue weighted by molar-refractivity contribution is 5.93. The molecule has 0 bridgehead atoms. The summed E-state index contributed by atoms with van der Waals surface area (Å²) >= 11 is 0. The molecule has 1 aromatic heterocycles. The first-order chi connectivity index (χ1) is 10.1. The van der Waals surface area contributed by atoms with E-state index in [2.05, 4.69) is 11.9 Å². The number of hydrogen-bond donors (Lipinski definition) is 1. The Hall–Kier alpha value is -2.36. The highest BCUT2D eigenvalue weighted by Gasteiger charge is 2.18. The number of anilines is 1. The number of carbonyl (C=O) groups is 1. The van der Waals surface area contributed by atoms with Crippen LogP contribution in [0.25, 0.3) is 0 Å². The molecule has 0 saturated heterocycles. The molecule has 0 aliphatic carbocycles. The van der Waals surface area contributed by atoms with Crippen molar-refractivity contribution in [1.82, 2.24) is 9.88 Å². The Balaban J connectivity index is 2.20. The first kappa shape index (κ1) is 15.0. The van der Waals surface area contributed by atoms with Crippen molar-refractivity contribution in [2.45, 2.75) is 26.8 Å². The molecular formula is C17H21N3O. The highest BCUT2D eigenvalue weighted by Crippen LogP contribution is 2.13. The maximum Gasteiger partial charge on any atom is 0.273 e. The Labute approximate surface area is 125 Å². The summed E-state index contributed by atoms with van der Waals surface area (Å²) in [6.07, 6.45) is 2.57. The van der Waals surface area contributed by atoms with Crippen LogP contribution in [0.3, 0.4) is 0 Å². The van der Waals surface area contributed by atoms with Crippen molar-refractivity contribution in [3.8, 4) is 0 Å². The number of aryl methyl sites for hydroxylation is 1. The van der Waals surface area contributed by atoms with Crippen molar-refractivity contribution < 1.29 is 4.79 Å². The van der Waals surface area contributed by atoms with Gasteiger partial charge in [0.2, 0.25) is 0 Å². The maximum atomic E-state index is 12.7. The predicted octanol–water partition coefficient (Wildman–Crippen LogP) is 3.02. The number of aromatic nitrogens is 1. The van der Waals surface area contributed by atoms with E-state index in [4.69, 9.17) is 5.73 Å². The molecule has 1 heterocycles. The number of nitrogens with two attached hydrogens (primary N) is 1. The molecule has 0 fully saturated rings. The van der Waals surface area contributed by atoms with Crippen molar-refractivity contribution in [3.05, 3.63) is 59.4 Å². The second-order valence-corrected chi connectivity index (χ2v) is 5.14. The molecule has 0 unspecified atom stereocenters. The Bertz CT molecular complexity index is 608. The minimum absolute atomic E-state index is 0.0215. The molecule has 4 heteroatoms. The van der Waals surface area contributed by atoms with Gasteiger partial charge in [0.15, 0.2) is 0 Å². The van der Waals surface area contributed by atoms with E-state index in [0.29, 0.717) is 18.8 Å². The summed E-state index contributed by atoms with van der Waals surface area (Å²) in [5, 5.41) is 0. The molecule has 2 aromatic rings. The van der Waals surface area contributed by atoms with Crippen molar-refractivity contribution in [3.63, 3.8) is 0 Å². The van der Waals surface area contributed by atoms with E-state index in [1.807, 2.05) is 48.2 Å². The summed E-state index contributed by atoms with van der Waals surface area (Å²) in [6.45, 7) is 5.25. The van der Waals surface area contributed by atoms with Gasteiger partial charge in [-0.2, -0.15) is 0 Å². The normalized spacial score (nSPS) is 10.4. The molecule has 0 radical (unpaired) electrons. The van der Waals surface area contributed by atoms with Crippen LogP contribution in [0, 0.1) is 6.92 Å². The third-order valence-corrected chi connectivity index (χ3v) is 3.35. The van der Waals surface area contributed by atoms with Crippen LogP contribution in [0.2, 0.25) is 0 Å². The summed E-state index contributed by atoms with van der Waals surface area (Å²) in [5.41, 5.74) is 8.93. The number of rotatable bonds is 5. The molecule has 2 rings (SSSR count). The average Bonchev–Trinajstić information content (AvgIpc) is 2.49. The Morgan fingerprint density at radius 2 is 1.95 bits per heavy atom. The standard InChI is InChI=1S/C17H21N3O/c1-3-11-20(12-14-6-8-15(18)9-7-14)17(21)16-13(2)5-4-10-19-16/h4-10H,3,11-12,18H2,1-2H3. The highest BCUT2D eigenvalue weighted by atomic mass is 16.2. The molecule has 1 aromatic carbocycles. The summed E-state index contributed by atoms with van der Waals surface area (Å²) in [6, 6.07) is 11.4. The van der Waals surface area contributed by atoms with Crippen LogP contribution in [0.15, 0.2) is 42.6 Å². The lowest BCUT2D eigenvalue weighted by molar-refractivity contribution is 0.0736. The molecule has 0 aliphatic heterocycles. The van der Waals surface area contributed by atoms with Gasteiger partial charge in [-0.15, -0.1) is 0 Å². The zero-order chi connectivity index (χ0) is 15.2. The van der Waals surface area contributed by atoms with Crippen LogP contribution >= 0.6 is 0 Å². The number of carbonyl (C=O) groups excluding carboxylic acids is 1. The van der Waals surface area contributed by atoms with Gasteiger partial charge in [0.25, 0.3) is 5.91 Å². The van der Waals surface area contributed by atoms with E-state index < -0.39 is 0 Å². The van der Waals surface area contributed by atoms with Gasteiger partial charge in [-0.3, -0.25) is 9.78 Å². The third kappa shape index (κ3) is 3.81. The second kappa shape index (κ2) is 6.88. The smallest absolute Gasteiger partial charge is 0.273 e. The van der Waals surface area contributed by atoms with Crippen molar-refractivity contribution >= 4 is 11.6 Å². The molecular weight excluding hydrogens is 262 g/mol. The van der Waals surface area contributed by atoms with Crippen LogP contribution in [-0.4, -0.2) is 22.3 Å². The number of pyridine rings is 1. The summed E-state index contributed by atoms with van der Waals surface area (Å²) in [7, 11) is 0. The molecule has 4 nitrogen and oxygen atoms in total. The van der Waals surface area contributed by atoms with Crippen molar-refractivity contribution in [2.24, 2.45) is 0 Å². The van der Waals surface area contributed by atoms with Gasteiger partial charge in [0, 0.05) is 25.0 Å². The largest absolute Gasteiger partial charge is 0.399 e. The summed E-state index contributed by atoms with van der Waals surface area (Å²) in [5.74, 6) is -0.0215. The number of amides is 1. The molecule has 1 amide bonds.